The second-order valence-electron chi connectivity index (χ2n) is 10.2. The first-order valence-electron chi connectivity index (χ1n) is 11.3. The van der Waals surface area contributed by atoms with Crippen LogP contribution in [0, 0.1) is 22.7 Å². The lowest BCUT2D eigenvalue weighted by Crippen LogP contribution is -2.50. The SMILES string of the molecule is C=C1CCC[C@@H]2[C@@](C)(CCC3=CC[C@H](C4=CC(=O)O[C@H]4O)OC3)[C@H](C)CC[C@@]12C. The highest BCUT2D eigenvalue weighted by Gasteiger charge is 2.53. The molecule has 2 fully saturated rings. The van der Waals surface area contributed by atoms with Crippen molar-refractivity contribution in [3.05, 3.63) is 35.5 Å². The van der Waals surface area contributed by atoms with Crippen LogP contribution in [0.5, 0.6) is 0 Å². The van der Waals surface area contributed by atoms with Crippen molar-refractivity contribution >= 4 is 5.97 Å². The third-order valence-electron chi connectivity index (χ3n) is 8.81. The van der Waals surface area contributed by atoms with Crippen LogP contribution >= 0.6 is 0 Å². The Hall–Kier alpha value is -1.39. The molecule has 4 heteroatoms. The van der Waals surface area contributed by atoms with Gasteiger partial charge in [-0.15, -0.1) is 0 Å². The van der Waals surface area contributed by atoms with Gasteiger partial charge in [-0.25, -0.2) is 4.79 Å². The van der Waals surface area contributed by atoms with Gasteiger partial charge in [0, 0.05) is 11.6 Å². The first-order valence-corrected chi connectivity index (χ1v) is 11.3. The summed E-state index contributed by atoms with van der Waals surface area (Å²) in [6.45, 7) is 12.5. The standard InChI is InChI=1S/C25H36O4/c1-16-6-5-7-21-24(16,3)12-10-17(2)25(21,4)13-11-18-8-9-20(28-15-18)19-14-22(26)29-23(19)27/h8,14,17,20-21,23,27H,1,5-7,9-13,15H2,2-4H3/t17-,20-,21+,23-,24+,25+/m1/s1. The number of allylic oxidation sites excluding steroid dienone is 1. The molecule has 0 aromatic carbocycles. The molecular formula is C25H36O4. The van der Waals surface area contributed by atoms with Crippen molar-refractivity contribution in [2.24, 2.45) is 22.7 Å². The molecule has 6 atom stereocenters. The summed E-state index contributed by atoms with van der Waals surface area (Å²) >= 11 is 0. The summed E-state index contributed by atoms with van der Waals surface area (Å²) in [5, 5.41) is 9.85. The van der Waals surface area contributed by atoms with Gasteiger partial charge in [0.2, 0.25) is 6.29 Å². The summed E-state index contributed by atoms with van der Waals surface area (Å²) in [4.78, 5) is 11.3. The van der Waals surface area contributed by atoms with E-state index in [9.17, 15) is 9.90 Å². The smallest absolute Gasteiger partial charge is 0.333 e. The minimum atomic E-state index is -1.15. The summed E-state index contributed by atoms with van der Waals surface area (Å²) in [5.74, 6) is 0.966. The van der Waals surface area contributed by atoms with Crippen molar-refractivity contribution in [3.8, 4) is 0 Å². The second kappa shape index (κ2) is 7.70. The Morgan fingerprint density at radius 3 is 2.76 bits per heavy atom. The van der Waals surface area contributed by atoms with Crippen LogP contribution in [0.2, 0.25) is 0 Å². The van der Waals surface area contributed by atoms with E-state index in [1.807, 2.05) is 0 Å². The quantitative estimate of drug-likeness (QED) is 0.528. The fraction of sp³-hybridized carbons (Fsp3) is 0.720. The Morgan fingerprint density at radius 2 is 2.10 bits per heavy atom. The van der Waals surface area contributed by atoms with Crippen molar-refractivity contribution in [2.45, 2.75) is 84.5 Å². The third-order valence-corrected chi connectivity index (χ3v) is 8.81. The van der Waals surface area contributed by atoms with Crippen LogP contribution in [-0.2, 0) is 14.3 Å². The number of carbonyl (C=O) groups excluding carboxylic acids is 1. The first-order chi connectivity index (χ1) is 13.7. The lowest BCUT2D eigenvalue weighted by Gasteiger charge is -2.59. The van der Waals surface area contributed by atoms with E-state index in [0.717, 1.165) is 18.3 Å². The molecule has 160 valence electrons. The predicted molar refractivity (Wildman–Crippen MR) is 113 cm³/mol. The van der Waals surface area contributed by atoms with Gasteiger partial charge in [0.25, 0.3) is 0 Å². The van der Waals surface area contributed by atoms with Crippen molar-refractivity contribution < 1.29 is 19.4 Å². The number of hydrogen-bond donors (Lipinski definition) is 1. The largest absolute Gasteiger partial charge is 0.429 e. The predicted octanol–water partition coefficient (Wildman–Crippen LogP) is 5.08. The van der Waals surface area contributed by atoms with Gasteiger partial charge < -0.3 is 14.6 Å². The zero-order valence-corrected chi connectivity index (χ0v) is 18.2. The molecule has 2 aliphatic heterocycles. The number of aliphatic hydroxyl groups is 1. The summed E-state index contributed by atoms with van der Waals surface area (Å²) in [6.07, 6.45) is 11.6. The monoisotopic (exact) mass is 400 g/mol. The molecule has 2 heterocycles. The van der Waals surface area contributed by atoms with Crippen LogP contribution in [0.3, 0.4) is 0 Å². The van der Waals surface area contributed by atoms with Gasteiger partial charge in [-0.1, -0.05) is 39.0 Å². The van der Waals surface area contributed by atoms with Gasteiger partial charge in [0.05, 0.1) is 12.7 Å². The average molecular weight is 401 g/mol. The van der Waals surface area contributed by atoms with Gasteiger partial charge in [0.15, 0.2) is 0 Å². The molecule has 0 amide bonds. The maximum absolute atomic E-state index is 11.3. The van der Waals surface area contributed by atoms with Crippen LogP contribution in [0.4, 0.5) is 0 Å². The number of hydrogen-bond acceptors (Lipinski definition) is 4. The van der Waals surface area contributed by atoms with Gasteiger partial charge in [-0.05, 0) is 79.6 Å². The van der Waals surface area contributed by atoms with Crippen molar-refractivity contribution in [3.63, 3.8) is 0 Å². The van der Waals surface area contributed by atoms with Crippen LogP contribution in [0.15, 0.2) is 35.5 Å². The Bertz CT molecular complexity index is 750. The minimum Gasteiger partial charge on any atom is -0.429 e. The Kier molecular flexibility index (Phi) is 5.54. The van der Waals surface area contributed by atoms with E-state index in [0.29, 0.717) is 29.4 Å². The molecule has 0 aromatic rings. The number of aliphatic hydroxyl groups excluding tert-OH is 1. The Labute approximate surface area is 175 Å². The van der Waals surface area contributed by atoms with Crippen molar-refractivity contribution in [2.75, 3.05) is 6.61 Å². The molecule has 0 radical (unpaired) electrons. The summed E-state index contributed by atoms with van der Waals surface area (Å²) in [5.41, 5.74) is 4.01. The minimum absolute atomic E-state index is 0.255. The zero-order valence-electron chi connectivity index (χ0n) is 18.2. The maximum atomic E-state index is 11.3. The molecule has 1 N–H and O–H groups in total. The van der Waals surface area contributed by atoms with Gasteiger partial charge in [-0.3, -0.25) is 0 Å². The number of esters is 1. The van der Waals surface area contributed by atoms with E-state index in [2.05, 4.69) is 33.4 Å². The van der Waals surface area contributed by atoms with E-state index < -0.39 is 12.3 Å². The lowest BCUT2D eigenvalue weighted by molar-refractivity contribution is -0.152. The van der Waals surface area contributed by atoms with Crippen LogP contribution in [-0.4, -0.2) is 30.1 Å². The maximum Gasteiger partial charge on any atom is 0.333 e. The summed E-state index contributed by atoms with van der Waals surface area (Å²) in [7, 11) is 0. The van der Waals surface area contributed by atoms with Gasteiger partial charge in [-0.2, -0.15) is 0 Å². The van der Waals surface area contributed by atoms with Crippen LogP contribution in [0.25, 0.3) is 0 Å². The normalized spacial score (nSPS) is 42.8. The molecule has 0 saturated heterocycles. The first kappa shape index (κ1) is 20.9. The number of cyclic esters (lactones) is 1. The number of ether oxygens (including phenoxy) is 2. The molecule has 2 saturated carbocycles. The van der Waals surface area contributed by atoms with Crippen LogP contribution < -0.4 is 0 Å². The Morgan fingerprint density at radius 1 is 1.31 bits per heavy atom. The third kappa shape index (κ3) is 3.63. The van der Waals surface area contributed by atoms with Crippen molar-refractivity contribution in [1.29, 1.82) is 0 Å². The van der Waals surface area contributed by atoms with E-state index in [4.69, 9.17) is 9.47 Å². The molecule has 0 aromatic heterocycles. The number of rotatable bonds is 4. The lowest BCUT2D eigenvalue weighted by atomic mass is 9.46. The number of fused-ring (bicyclic) bond motifs is 1. The van der Waals surface area contributed by atoms with E-state index in [1.54, 1.807) is 0 Å². The highest BCUT2D eigenvalue weighted by Crippen LogP contribution is 2.62. The Balaban J connectivity index is 1.42. The molecule has 2 aliphatic carbocycles. The summed E-state index contributed by atoms with van der Waals surface area (Å²) < 4.78 is 10.8. The highest BCUT2D eigenvalue weighted by molar-refractivity contribution is 5.85. The molecule has 4 aliphatic rings. The highest BCUT2D eigenvalue weighted by atomic mass is 16.6. The van der Waals surface area contributed by atoms with E-state index in [1.165, 1.54) is 55.7 Å². The van der Waals surface area contributed by atoms with E-state index in [-0.39, 0.29) is 6.10 Å². The molecule has 4 nitrogen and oxygen atoms in total. The average Bonchev–Trinajstić information content (AvgIpc) is 3.04. The molecule has 4 rings (SSSR count). The van der Waals surface area contributed by atoms with Gasteiger partial charge >= 0.3 is 5.97 Å². The fourth-order valence-corrected chi connectivity index (χ4v) is 6.50. The summed E-state index contributed by atoms with van der Waals surface area (Å²) in [6, 6.07) is 0. The zero-order chi connectivity index (χ0) is 20.8. The molecule has 0 unspecified atom stereocenters. The van der Waals surface area contributed by atoms with Crippen molar-refractivity contribution in [1.82, 2.24) is 0 Å². The molecule has 0 bridgehead atoms. The van der Waals surface area contributed by atoms with Crippen LogP contribution in [0.1, 0.15) is 72.1 Å². The topological polar surface area (TPSA) is 55.8 Å². The van der Waals surface area contributed by atoms with E-state index >= 15 is 0 Å². The molecular weight excluding hydrogens is 364 g/mol. The molecule has 29 heavy (non-hydrogen) atoms. The fourth-order valence-electron chi connectivity index (χ4n) is 6.50. The van der Waals surface area contributed by atoms with Gasteiger partial charge in [0.1, 0.15) is 0 Å². The second-order valence-corrected chi connectivity index (χ2v) is 10.2. The molecule has 0 spiro atoms. The number of carbonyl (C=O) groups is 1.